The Kier molecular flexibility index (Phi) is 6.18. The summed E-state index contributed by atoms with van der Waals surface area (Å²) in [5.74, 6) is -0.209. The number of carbonyl (C=O) groups excluding carboxylic acids is 2. The van der Waals surface area contributed by atoms with Crippen molar-refractivity contribution < 1.29 is 9.59 Å². The van der Waals surface area contributed by atoms with Gasteiger partial charge in [-0.25, -0.2) is 0 Å². The number of benzene rings is 2. The Balaban J connectivity index is 1.59. The van der Waals surface area contributed by atoms with Crippen molar-refractivity contribution in [1.29, 1.82) is 0 Å². The zero-order chi connectivity index (χ0) is 20.3. The second-order valence-electron chi connectivity index (χ2n) is 8.06. The number of anilines is 1. The highest BCUT2D eigenvalue weighted by atomic mass is 16.2. The molecular weight excluding hydrogens is 348 g/mol. The average molecular weight is 379 g/mol. The van der Waals surface area contributed by atoms with E-state index in [1.165, 1.54) is 34.4 Å². The Morgan fingerprint density at radius 3 is 2.29 bits per heavy atom. The zero-order valence-corrected chi connectivity index (χ0v) is 17.4. The number of nitrogens with one attached hydrogen (secondary N) is 1. The standard InChI is InChI=1S/C24H30N2O2/c1-16-11-17(2)24(18(3)12-16)25-22(27)15-26(4)23(28)14-19-9-10-20-7-5-6-8-21(20)13-19/h9-13H,5-8,14-15H2,1-4H3,(H,25,27). The average Bonchev–Trinajstić information content (AvgIpc) is 2.64. The Morgan fingerprint density at radius 2 is 1.61 bits per heavy atom. The molecular formula is C24H30N2O2. The molecule has 2 amide bonds. The maximum Gasteiger partial charge on any atom is 0.243 e. The van der Waals surface area contributed by atoms with Gasteiger partial charge in [-0.15, -0.1) is 0 Å². The summed E-state index contributed by atoms with van der Waals surface area (Å²) in [4.78, 5) is 26.6. The van der Waals surface area contributed by atoms with E-state index in [9.17, 15) is 9.59 Å². The molecule has 0 atom stereocenters. The molecule has 0 heterocycles. The number of amides is 2. The highest BCUT2D eigenvalue weighted by Gasteiger charge is 2.16. The maximum atomic E-state index is 12.6. The summed E-state index contributed by atoms with van der Waals surface area (Å²) >= 11 is 0. The molecule has 0 spiro atoms. The summed E-state index contributed by atoms with van der Waals surface area (Å²) in [5, 5.41) is 2.96. The molecule has 2 aromatic rings. The molecule has 0 aliphatic heterocycles. The molecule has 0 unspecified atom stereocenters. The lowest BCUT2D eigenvalue weighted by atomic mass is 9.90. The smallest absolute Gasteiger partial charge is 0.243 e. The van der Waals surface area contributed by atoms with Crippen molar-refractivity contribution in [2.24, 2.45) is 0 Å². The molecule has 1 aliphatic rings. The first-order chi connectivity index (χ1) is 13.3. The van der Waals surface area contributed by atoms with Crippen LogP contribution in [-0.4, -0.2) is 30.3 Å². The highest BCUT2D eigenvalue weighted by molar-refractivity contribution is 5.96. The van der Waals surface area contributed by atoms with E-state index in [1.54, 1.807) is 7.05 Å². The summed E-state index contributed by atoms with van der Waals surface area (Å²) in [6.45, 7) is 6.07. The summed E-state index contributed by atoms with van der Waals surface area (Å²) in [6, 6.07) is 10.5. The first kappa shape index (κ1) is 20.1. The Bertz CT molecular complexity index is 878. The highest BCUT2D eigenvalue weighted by Crippen LogP contribution is 2.23. The van der Waals surface area contributed by atoms with E-state index in [-0.39, 0.29) is 18.4 Å². The van der Waals surface area contributed by atoms with Gasteiger partial charge in [0.15, 0.2) is 0 Å². The lowest BCUT2D eigenvalue weighted by Crippen LogP contribution is -2.36. The van der Waals surface area contributed by atoms with E-state index in [1.807, 2.05) is 32.9 Å². The van der Waals surface area contributed by atoms with Crippen LogP contribution in [0, 0.1) is 20.8 Å². The first-order valence-electron chi connectivity index (χ1n) is 10.1. The number of hydrogen-bond acceptors (Lipinski definition) is 2. The van der Waals surface area contributed by atoms with Gasteiger partial charge in [-0.05, 0) is 74.3 Å². The minimum atomic E-state index is -0.170. The van der Waals surface area contributed by atoms with Crippen LogP contribution in [0.5, 0.6) is 0 Å². The van der Waals surface area contributed by atoms with Crippen LogP contribution in [-0.2, 0) is 28.9 Å². The molecule has 4 nitrogen and oxygen atoms in total. The maximum absolute atomic E-state index is 12.6. The van der Waals surface area contributed by atoms with Gasteiger partial charge in [0.2, 0.25) is 11.8 Å². The molecule has 0 saturated carbocycles. The third kappa shape index (κ3) is 4.80. The van der Waals surface area contributed by atoms with Crippen molar-refractivity contribution in [3.63, 3.8) is 0 Å². The van der Waals surface area contributed by atoms with Crippen molar-refractivity contribution in [2.75, 3.05) is 18.9 Å². The number of carbonyl (C=O) groups is 2. The third-order valence-electron chi connectivity index (χ3n) is 5.52. The Labute approximate surface area is 167 Å². The third-order valence-corrected chi connectivity index (χ3v) is 5.52. The molecule has 0 fully saturated rings. The van der Waals surface area contributed by atoms with Gasteiger partial charge in [0.1, 0.15) is 0 Å². The SMILES string of the molecule is Cc1cc(C)c(NC(=O)CN(C)C(=O)Cc2ccc3c(c2)CCCC3)c(C)c1. The summed E-state index contributed by atoms with van der Waals surface area (Å²) in [5.41, 5.74) is 7.91. The fraction of sp³-hybridized carbons (Fsp3) is 0.417. The number of hydrogen-bond donors (Lipinski definition) is 1. The van der Waals surface area contributed by atoms with Crippen molar-refractivity contribution in [2.45, 2.75) is 52.9 Å². The summed E-state index contributed by atoms with van der Waals surface area (Å²) in [7, 11) is 1.69. The van der Waals surface area contributed by atoms with E-state index in [0.29, 0.717) is 6.42 Å². The van der Waals surface area contributed by atoms with Crippen LogP contribution in [0.2, 0.25) is 0 Å². The van der Waals surface area contributed by atoms with Crippen molar-refractivity contribution in [3.05, 3.63) is 63.7 Å². The molecule has 0 radical (unpaired) electrons. The van der Waals surface area contributed by atoms with Crippen LogP contribution in [0.4, 0.5) is 5.69 Å². The Hall–Kier alpha value is -2.62. The number of likely N-dealkylation sites (N-methyl/N-ethyl adjacent to an activating group) is 1. The van der Waals surface area contributed by atoms with Crippen LogP contribution in [0.3, 0.4) is 0 Å². The fourth-order valence-electron chi connectivity index (χ4n) is 4.07. The fourth-order valence-corrected chi connectivity index (χ4v) is 4.07. The molecule has 2 aromatic carbocycles. The lowest BCUT2D eigenvalue weighted by Gasteiger charge is -2.20. The topological polar surface area (TPSA) is 49.4 Å². The molecule has 0 bridgehead atoms. The molecule has 0 saturated heterocycles. The molecule has 1 aliphatic carbocycles. The first-order valence-corrected chi connectivity index (χ1v) is 10.1. The van der Waals surface area contributed by atoms with Crippen LogP contribution in [0.1, 0.15) is 46.2 Å². The summed E-state index contributed by atoms with van der Waals surface area (Å²) in [6.07, 6.45) is 5.05. The second kappa shape index (κ2) is 8.59. The van der Waals surface area contributed by atoms with E-state index in [2.05, 4.69) is 23.5 Å². The van der Waals surface area contributed by atoms with Crippen molar-refractivity contribution in [1.82, 2.24) is 4.90 Å². The number of fused-ring (bicyclic) bond motifs is 1. The van der Waals surface area contributed by atoms with Crippen LogP contribution >= 0.6 is 0 Å². The largest absolute Gasteiger partial charge is 0.336 e. The predicted molar refractivity (Wildman–Crippen MR) is 114 cm³/mol. The van der Waals surface area contributed by atoms with E-state index in [4.69, 9.17) is 0 Å². The van der Waals surface area contributed by atoms with Gasteiger partial charge >= 0.3 is 0 Å². The van der Waals surface area contributed by atoms with Crippen LogP contribution in [0.25, 0.3) is 0 Å². The molecule has 0 aromatic heterocycles. The van der Waals surface area contributed by atoms with Crippen molar-refractivity contribution in [3.8, 4) is 0 Å². The molecule has 3 rings (SSSR count). The van der Waals surface area contributed by atoms with Gasteiger partial charge in [-0.1, -0.05) is 35.9 Å². The minimum absolute atomic E-state index is 0.0386. The van der Waals surface area contributed by atoms with Crippen LogP contribution in [0.15, 0.2) is 30.3 Å². The van der Waals surface area contributed by atoms with E-state index in [0.717, 1.165) is 35.2 Å². The number of nitrogens with zero attached hydrogens (tertiary/aromatic N) is 1. The van der Waals surface area contributed by atoms with Gasteiger partial charge in [0.25, 0.3) is 0 Å². The minimum Gasteiger partial charge on any atom is -0.336 e. The predicted octanol–water partition coefficient (Wildman–Crippen LogP) is 4.13. The van der Waals surface area contributed by atoms with E-state index >= 15 is 0 Å². The van der Waals surface area contributed by atoms with Crippen molar-refractivity contribution >= 4 is 17.5 Å². The monoisotopic (exact) mass is 378 g/mol. The van der Waals surface area contributed by atoms with Crippen LogP contribution < -0.4 is 5.32 Å². The molecule has 4 heteroatoms. The van der Waals surface area contributed by atoms with E-state index < -0.39 is 0 Å². The zero-order valence-electron chi connectivity index (χ0n) is 17.4. The molecule has 148 valence electrons. The lowest BCUT2D eigenvalue weighted by molar-refractivity contribution is -0.132. The normalized spacial score (nSPS) is 13.0. The second-order valence-corrected chi connectivity index (χ2v) is 8.06. The Morgan fingerprint density at radius 1 is 0.964 bits per heavy atom. The van der Waals surface area contributed by atoms with Gasteiger partial charge in [-0.3, -0.25) is 9.59 Å². The number of aryl methyl sites for hydroxylation is 5. The number of rotatable bonds is 5. The van der Waals surface area contributed by atoms with Gasteiger partial charge in [0, 0.05) is 12.7 Å². The quantitative estimate of drug-likeness (QED) is 0.850. The molecule has 28 heavy (non-hydrogen) atoms. The van der Waals surface area contributed by atoms with Gasteiger partial charge < -0.3 is 10.2 Å². The molecule has 1 N–H and O–H groups in total. The summed E-state index contributed by atoms with van der Waals surface area (Å²) < 4.78 is 0. The van der Waals surface area contributed by atoms with Gasteiger partial charge in [0.05, 0.1) is 13.0 Å². The van der Waals surface area contributed by atoms with Gasteiger partial charge in [-0.2, -0.15) is 0 Å².